The number of H-pyrrole nitrogens is 1. The van der Waals surface area contributed by atoms with Crippen molar-refractivity contribution in [3.05, 3.63) is 40.3 Å². The second-order valence-corrected chi connectivity index (χ2v) is 7.12. The maximum Gasteiger partial charge on any atom is 0.222 e. The Kier molecular flexibility index (Phi) is 5.46. The molecule has 1 aliphatic heterocycles. The van der Waals surface area contributed by atoms with Crippen LogP contribution in [0, 0.1) is 5.92 Å². The molecule has 0 aromatic carbocycles. The van der Waals surface area contributed by atoms with E-state index >= 15 is 0 Å². The van der Waals surface area contributed by atoms with Gasteiger partial charge in [0, 0.05) is 30.6 Å². The summed E-state index contributed by atoms with van der Waals surface area (Å²) in [6.45, 7) is 1.52. The number of thiophene rings is 1. The molecule has 5 nitrogen and oxygen atoms in total. The summed E-state index contributed by atoms with van der Waals surface area (Å²) in [5, 5.41) is 19.1. The van der Waals surface area contributed by atoms with Gasteiger partial charge in [0.05, 0.1) is 12.3 Å². The van der Waals surface area contributed by atoms with Gasteiger partial charge in [-0.2, -0.15) is 5.10 Å². The number of aromatic amines is 1. The van der Waals surface area contributed by atoms with Crippen molar-refractivity contribution in [3.8, 4) is 0 Å². The minimum absolute atomic E-state index is 0.234. The molecule has 2 aromatic heterocycles. The van der Waals surface area contributed by atoms with Gasteiger partial charge in [0.25, 0.3) is 0 Å². The predicted octanol–water partition coefficient (Wildman–Crippen LogP) is 2.77. The van der Waals surface area contributed by atoms with E-state index in [2.05, 4.69) is 10.2 Å². The van der Waals surface area contributed by atoms with Crippen molar-refractivity contribution in [2.24, 2.45) is 5.92 Å². The molecule has 1 saturated heterocycles. The lowest BCUT2D eigenvalue weighted by Crippen LogP contribution is -2.39. The van der Waals surface area contributed by atoms with Crippen molar-refractivity contribution in [1.29, 1.82) is 0 Å². The zero-order valence-corrected chi connectivity index (χ0v) is 14.0. The lowest BCUT2D eigenvalue weighted by atomic mass is 9.90. The number of aromatic nitrogens is 2. The van der Waals surface area contributed by atoms with E-state index in [0.29, 0.717) is 6.42 Å². The predicted molar refractivity (Wildman–Crippen MR) is 90.1 cm³/mol. The average molecular weight is 333 g/mol. The standard InChI is InChI=1S/C17H23N3O2S/c21-16(5-1-3-13-11-18-19-12-13)20-8-6-14(7-9-20)17(22)15-4-2-10-23-15/h2,4,10-12,14,17,22H,1,3,5-9H2,(H,18,19)/t17-/m1/s1. The Balaban J connectivity index is 1.40. The largest absolute Gasteiger partial charge is 0.387 e. The number of likely N-dealkylation sites (tertiary alicyclic amines) is 1. The number of carbonyl (C=O) groups is 1. The maximum atomic E-state index is 12.3. The fourth-order valence-electron chi connectivity index (χ4n) is 3.17. The Bertz CT molecular complexity index is 589. The summed E-state index contributed by atoms with van der Waals surface area (Å²) in [7, 11) is 0. The summed E-state index contributed by atoms with van der Waals surface area (Å²) in [6.07, 6.45) is 7.39. The van der Waals surface area contributed by atoms with Crippen LogP contribution in [0.5, 0.6) is 0 Å². The summed E-state index contributed by atoms with van der Waals surface area (Å²) >= 11 is 1.60. The molecule has 124 valence electrons. The summed E-state index contributed by atoms with van der Waals surface area (Å²) in [5.74, 6) is 0.501. The lowest BCUT2D eigenvalue weighted by molar-refractivity contribution is -0.133. The van der Waals surface area contributed by atoms with E-state index in [-0.39, 0.29) is 17.9 Å². The van der Waals surface area contributed by atoms with Gasteiger partial charge in [-0.05, 0) is 48.6 Å². The summed E-state index contributed by atoms with van der Waals surface area (Å²) in [6, 6.07) is 3.96. The first-order chi connectivity index (χ1) is 11.2. The van der Waals surface area contributed by atoms with Gasteiger partial charge in [-0.1, -0.05) is 6.07 Å². The molecule has 23 heavy (non-hydrogen) atoms. The minimum Gasteiger partial charge on any atom is -0.387 e. The van der Waals surface area contributed by atoms with E-state index in [0.717, 1.165) is 49.2 Å². The number of amides is 1. The molecule has 0 unspecified atom stereocenters. The van der Waals surface area contributed by atoms with Crippen LogP contribution in [0.4, 0.5) is 0 Å². The van der Waals surface area contributed by atoms with Crippen LogP contribution in [0.25, 0.3) is 0 Å². The van der Waals surface area contributed by atoms with Crippen molar-refractivity contribution < 1.29 is 9.90 Å². The fourth-order valence-corrected chi connectivity index (χ4v) is 3.98. The number of aliphatic hydroxyl groups is 1. The van der Waals surface area contributed by atoms with Crippen LogP contribution in [-0.4, -0.2) is 39.2 Å². The second-order valence-electron chi connectivity index (χ2n) is 6.14. The first-order valence-corrected chi connectivity index (χ1v) is 9.09. The Morgan fingerprint density at radius 3 is 2.96 bits per heavy atom. The van der Waals surface area contributed by atoms with Crippen molar-refractivity contribution in [2.75, 3.05) is 13.1 Å². The topological polar surface area (TPSA) is 69.2 Å². The highest BCUT2D eigenvalue weighted by Crippen LogP contribution is 2.33. The van der Waals surface area contributed by atoms with Crippen molar-refractivity contribution in [3.63, 3.8) is 0 Å². The van der Waals surface area contributed by atoms with Gasteiger partial charge in [0.1, 0.15) is 0 Å². The molecule has 3 rings (SSSR count). The monoisotopic (exact) mass is 333 g/mol. The van der Waals surface area contributed by atoms with Gasteiger partial charge in [-0.3, -0.25) is 9.89 Å². The molecule has 1 amide bonds. The van der Waals surface area contributed by atoms with Gasteiger partial charge in [0.15, 0.2) is 0 Å². The highest BCUT2D eigenvalue weighted by Gasteiger charge is 2.28. The third-order valence-corrected chi connectivity index (χ3v) is 5.53. The maximum absolute atomic E-state index is 12.3. The van der Waals surface area contributed by atoms with Crippen LogP contribution in [0.2, 0.25) is 0 Å². The molecule has 0 aliphatic carbocycles. The minimum atomic E-state index is -0.381. The molecule has 0 bridgehead atoms. The average Bonchev–Trinajstić information content (AvgIpc) is 3.28. The zero-order valence-electron chi connectivity index (χ0n) is 13.1. The van der Waals surface area contributed by atoms with Crippen molar-refractivity contribution in [1.82, 2.24) is 15.1 Å². The number of hydrogen-bond acceptors (Lipinski definition) is 4. The smallest absolute Gasteiger partial charge is 0.222 e. The number of carbonyl (C=O) groups excluding carboxylic acids is 1. The number of aryl methyl sites for hydroxylation is 1. The number of nitrogens with zero attached hydrogens (tertiary/aromatic N) is 2. The van der Waals surface area contributed by atoms with E-state index in [4.69, 9.17) is 0 Å². The number of piperidine rings is 1. The van der Waals surface area contributed by atoms with Gasteiger partial charge >= 0.3 is 0 Å². The van der Waals surface area contributed by atoms with Crippen LogP contribution in [-0.2, 0) is 11.2 Å². The molecule has 2 aromatic rings. The SMILES string of the molecule is O=C(CCCc1cn[nH]c1)N1CCC([C@@H](O)c2cccs2)CC1. The number of nitrogens with one attached hydrogen (secondary N) is 1. The lowest BCUT2D eigenvalue weighted by Gasteiger charge is -2.34. The van der Waals surface area contributed by atoms with Gasteiger partial charge in [-0.15, -0.1) is 11.3 Å². The molecular formula is C17H23N3O2S. The Morgan fingerprint density at radius 1 is 1.48 bits per heavy atom. The van der Waals surface area contributed by atoms with Crippen molar-refractivity contribution >= 4 is 17.2 Å². The Morgan fingerprint density at radius 2 is 2.30 bits per heavy atom. The first kappa shape index (κ1) is 16.2. The molecule has 1 aliphatic rings. The summed E-state index contributed by atoms with van der Waals surface area (Å²) < 4.78 is 0. The Hall–Kier alpha value is -1.66. The molecule has 2 N–H and O–H groups in total. The van der Waals surface area contributed by atoms with Gasteiger partial charge in [-0.25, -0.2) is 0 Å². The third-order valence-electron chi connectivity index (χ3n) is 4.58. The fraction of sp³-hybridized carbons (Fsp3) is 0.529. The van der Waals surface area contributed by atoms with Gasteiger partial charge < -0.3 is 10.0 Å². The first-order valence-electron chi connectivity index (χ1n) is 8.21. The highest BCUT2D eigenvalue weighted by atomic mass is 32.1. The van der Waals surface area contributed by atoms with Crippen molar-refractivity contribution in [2.45, 2.75) is 38.2 Å². The van der Waals surface area contributed by atoms with Gasteiger partial charge in [0.2, 0.25) is 5.91 Å². The van der Waals surface area contributed by atoms with E-state index in [1.807, 2.05) is 34.8 Å². The molecular weight excluding hydrogens is 310 g/mol. The van der Waals surface area contributed by atoms with Crippen LogP contribution in [0.15, 0.2) is 29.9 Å². The molecule has 3 heterocycles. The molecule has 1 atom stereocenters. The van der Waals surface area contributed by atoms with E-state index in [1.165, 1.54) is 0 Å². The second kappa shape index (κ2) is 7.75. The van der Waals surface area contributed by atoms with Crippen LogP contribution in [0.3, 0.4) is 0 Å². The van der Waals surface area contributed by atoms with Crippen LogP contribution >= 0.6 is 11.3 Å². The molecule has 1 fully saturated rings. The van der Waals surface area contributed by atoms with Crippen LogP contribution < -0.4 is 0 Å². The Labute approximate surface area is 140 Å². The number of aliphatic hydroxyl groups excluding tert-OH is 1. The van der Waals surface area contributed by atoms with E-state index in [9.17, 15) is 9.90 Å². The number of rotatable bonds is 6. The molecule has 6 heteroatoms. The van der Waals surface area contributed by atoms with E-state index in [1.54, 1.807) is 11.3 Å². The van der Waals surface area contributed by atoms with E-state index < -0.39 is 0 Å². The zero-order chi connectivity index (χ0) is 16.1. The quantitative estimate of drug-likeness (QED) is 0.854. The molecule has 0 spiro atoms. The molecule has 0 saturated carbocycles. The highest BCUT2D eigenvalue weighted by molar-refractivity contribution is 7.10. The molecule has 0 radical (unpaired) electrons. The normalized spacial score (nSPS) is 17.3. The number of hydrogen-bond donors (Lipinski definition) is 2. The van der Waals surface area contributed by atoms with Crippen LogP contribution in [0.1, 0.15) is 42.2 Å². The summed E-state index contributed by atoms with van der Waals surface area (Å²) in [5.41, 5.74) is 1.15. The third kappa shape index (κ3) is 4.20. The summed E-state index contributed by atoms with van der Waals surface area (Å²) in [4.78, 5) is 15.3.